The van der Waals surface area contributed by atoms with E-state index in [0.717, 1.165) is 52.5 Å². The van der Waals surface area contributed by atoms with E-state index in [4.69, 9.17) is 23.5 Å². The van der Waals surface area contributed by atoms with Gasteiger partial charge in [-0.25, -0.2) is 0 Å². The minimum absolute atomic E-state index is 0.0438. The molecule has 1 aliphatic rings. The summed E-state index contributed by atoms with van der Waals surface area (Å²) < 4.78 is 27.6. The zero-order chi connectivity index (χ0) is 25.7. The number of likely N-dealkylation sites (tertiary alicyclic amines) is 1. The van der Waals surface area contributed by atoms with Crippen molar-refractivity contribution < 1.29 is 28.3 Å². The molecule has 8 nitrogen and oxygen atoms in total. The Hall–Kier alpha value is -3.94. The Morgan fingerprint density at radius 3 is 2.56 bits per heavy atom. The molecule has 0 aliphatic carbocycles. The van der Waals surface area contributed by atoms with Crippen LogP contribution in [0.3, 0.4) is 0 Å². The molecule has 0 N–H and O–H groups in total. The van der Waals surface area contributed by atoms with Gasteiger partial charge < -0.3 is 28.4 Å². The topological polar surface area (TPSA) is 83.3 Å². The standard InChI is InChI=1S/C28H32N2O6/c1-18-23(19(2)36-29-18)17-35-25-12-8-20(15-27(25)34-5)9-13-28(31)30-14-6-7-24(30)22-11-10-21(32-3)16-26(22)33-4/h8-13,15-16,24H,6-7,14,17H2,1-5H3/b13-9+/t24-/m0/s1. The summed E-state index contributed by atoms with van der Waals surface area (Å²) in [6, 6.07) is 11.3. The molecule has 36 heavy (non-hydrogen) atoms. The second-order valence-corrected chi connectivity index (χ2v) is 8.63. The molecule has 0 saturated carbocycles. The predicted octanol–water partition coefficient (Wildman–Crippen LogP) is 5.27. The van der Waals surface area contributed by atoms with E-state index in [1.54, 1.807) is 33.5 Å². The first kappa shape index (κ1) is 25.2. The average Bonchev–Trinajstić information content (AvgIpc) is 3.52. The normalized spacial score (nSPS) is 15.4. The van der Waals surface area contributed by atoms with Gasteiger partial charge in [0.05, 0.1) is 38.6 Å². The molecule has 1 saturated heterocycles. The number of ether oxygens (including phenoxy) is 4. The average molecular weight is 493 g/mol. The zero-order valence-corrected chi connectivity index (χ0v) is 21.4. The largest absolute Gasteiger partial charge is 0.497 e. The monoisotopic (exact) mass is 492 g/mol. The fourth-order valence-corrected chi connectivity index (χ4v) is 4.48. The number of nitrogens with zero attached hydrogens (tertiary/aromatic N) is 2. The lowest BCUT2D eigenvalue weighted by molar-refractivity contribution is -0.126. The number of benzene rings is 2. The van der Waals surface area contributed by atoms with E-state index in [0.29, 0.717) is 24.7 Å². The maximum absolute atomic E-state index is 13.1. The molecule has 0 spiro atoms. The van der Waals surface area contributed by atoms with Gasteiger partial charge in [0.15, 0.2) is 11.5 Å². The minimum atomic E-state index is -0.0481. The molecule has 1 fully saturated rings. The number of aromatic nitrogens is 1. The third kappa shape index (κ3) is 5.32. The second-order valence-electron chi connectivity index (χ2n) is 8.63. The van der Waals surface area contributed by atoms with Crippen LogP contribution in [0.2, 0.25) is 0 Å². The van der Waals surface area contributed by atoms with Crippen LogP contribution < -0.4 is 18.9 Å². The summed E-state index contributed by atoms with van der Waals surface area (Å²) in [5.74, 6) is 3.31. The third-order valence-corrected chi connectivity index (χ3v) is 6.49. The van der Waals surface area contributed by atoms with Crippen molar-refractivity contribution in [3.8, 4) is 23.0 Å². The van der Waals surface area contributed by atoms with Crippen molar-refractivity contribution in [1.82, 2.24) is 10.1 Å². The first-order valence-electron chi connectivity index (χ1n) is 11.9. The summed E-state index contributed by atoms with van der Waals surface area (Å²) in [4.78, 5) is 15.0. The molecule has 0 bridgehead atoms. The maximum Gasteiger partial charge on any atom is 0.247 e. The number of hydrogen-bond donors (Lipinski definition) is 0. The molecule has 2 aromatic carbocycles. The fraction of sp³-hybridized carbons (Fsp3) is 0.357. The molecule has 1 amide bonds. The molecule has 2 heterocycles. The maximum atomic E-state index is 13.1. The van der Waals surface area contributed by atoms with Crippen LogP contribution in [0, 0.1) is 13.8 Å². The Bertz CT molecular complexity index is 1230. The number of aryl methyl sites for hydroxylation is 2. The predicted molar refractivity (Wildman–Crippen MR) is 136 cm³/mol. The SMILES string of the molecule is COc1ccc([C@@H]2CCCN2C(=O)/C=C/c2ccc(OCc3c(C)noc3C)c(OC)c2)c(OC)c1. The molecule has 1 aromatic heterocycles. The van der Waals surface area contributed by atoms with Crippen molar-refractivity contribution in [3.63, 3.8) is 0 Å². The molecular weight excluding hydrogens is 460 g/mol. The summed E-state index contributed by atoms with van der Waals surface area (Å²) >= 11 is 0. The highest BCUT2D eigenvalue weighted by Crippen LogP contribution is 2.39. The van der Waals surface area contributed by atoms with Crippen LogP contribution in [0.4, 0.5) is 0 Å². The van der Waals surface area contributed by atoms with E-state index in [-0.39, 0.29) is 11.9 Å². The molecule has 190 valence electrons. The van der Waals surface area contributed by atoms with E-state index in [1.165, 1.54) is 0 Å². The van der Waals surface area contributed by atoms with Gasteiger partial charge in [0.2, 0.25) is 5.91 Å². The lowest BCUT2D eigenvalue weighted by atomic mass is 10.0. The van der Waals surface area contributed by atoms with Gasteiger partial charge in [-0.3, -0.25) is 4.79 Å². The fourth-order valence-electron chi connectivity index (χ4n) is 4.48. The van der Waals surface area contributed by atoms with Crippen molar-refractivity contribution in [2.45, 2.75) is 39.3 Å². The van der Waals surface area contributed by atoms with Crippen molar-refractivity contribution in [2.75, 3.05) is 27.9 Å². The lowest BCUT2D eigenvalue weighted by Crippen LogP contribution is -2.29. The molecule has 3 aromatic rings. The number of methoxy groups -OCH3 is 3. The van der Waals surface area contributed by atoms with E-state index in [2.05, 4.69) is 5.16 Å². The van der Waals surface area contributed by atoms with Gasteiger partial charge in [-0.05, 0) is 62.6 Å². The zero-order valence-electron chi connectivity index (χ0n) is 21.4. The summed E-state index contributed by atoms with van der Waals surface area (Å²) in [7, 11) is 4.85. The summed E-state index contributed by atoms with van der Waals surface area (Å²) in [5.41, 5.74) is 3.54. The van der Waals surface area contributed by atoms with Crippen molar-refractivity contribution in [2.24, 2.45) is 0 Å². The van der Waals surface area contributed by atoms with Gasteiger partial charge in [-0.15, -0.1) is 0 Å². The smallest absolute Gasteiger partial charge is 0.247 e. The summed E-state index contributed by atoms with van der Waals surface area (Å²) in [5, 5.41) is 3.96. The Morgan fingerprint density at radius 1 is 1.06 bits per heavy atom. The summed E-state index contributed by atoms with van der Waals surface area (Å²) in [6.07, 6.45) is 5.22. The molecule has 1 aliphatic heterocycles. The highest BCUT2D eigenvalue weighted by atomic mass is 16.5. The van der Waals surface area contributed by atoms with Gasteiger partial charge >= 0.3 is 0 Å². The van der Waals surface area contributed by atoms with Gasteiger partial charge in [0.1, 0.15) is 23.9 Å². The molecule has 4 rings (SSSR count). The molecule has 8 heteroatoms. The Kier molecular flexibility index (Phi) is 7.83. The molecule has 1 atom stereocenters. The third-order valence-electron chi connectivity index (χ3n) is 6.49. The van der Waals surface area contributed by atoms with Gasteiger partial charge in [0.25, 0.3) is 0 Å². The van der Waals surface area contributed by atoms with E-state index in [9.17, 15) is 4.79 Å². The quantitative estimate of drug-likeness (QED) is 0.376. The molecule has 0 unspecified atom stereocenters. The van der Waals surface area contributed by atoms with Crippen LogP contribution in [-0.2, 0) is 11.4 Å². The lowest BCUT2D eigenvalue weighted by Gasteiger charge is -2.25. The second kappa shape index (κ2) is 11.2. The van der Waals surface area contributed by atoms with Gasteiger partial charge in [-0.2, -0.15) is 0 Å². The van der Waals surface area contributed by atoms with E-state index in [1.807, 2.05) is 55.1 Å². The van der Waals surface area contributed by atoms with Crippen molar-refractivity contribution >= 4 is 12.0 Å². The number of carbonyl (C=O) groups is 1. The van der Waals surface area contributed by atoms with Crippen LogP contribution in [0.1, 0.15) is 47.0 Å². The van der Waals surface area contributed by atoms with Crippen LogP contribution in [0.5, 0.6) is 23.0 Å². The van der Waals surface area contributed by atoms with Crippen molar-refractivity contribution in [1.29, 1.82) is 0 Å². The Morgan fingerprint density at radius 2 is 1.86 bits per heavy atom. The number of carbonyl (C=O) groups excluding carboxylic acids is 1. The van der Waals surface area contributed by atoms with Gasteiger partial charge in [0, 0.05) is 24.3 Å². The van der Waals surface area contributed by atoms with Crippen LogP contribution in [0.15, 0.2) is 47.0 Å². The van der Waals surface area contributed by atoms with Crippen molar-refractivity contribution in [3.05, 3.63) is 70.6 Å². The van der Waals surface area contributed by atoms with Gasteiger partial charge in [-0.1, -0.05) is 11.2 Å². The Balaban J connectivity index is 1.46. The van der Waals surface area contributed by atoms with E-state index < -0.39 is 0 Å². The van der Waals surface area contributed by atoms with Crippen LogP contribution in [0.25, 0.3) is 6.08 Å². The number of amides is 1. The van der Waals surface area contributed by atoms with Crippen LogP contribution in [-0.4, -0.2) is 43.8 Å². The van der Waals surface area contributed by atoms with E-state index >= 15 is 0 Å². The first-order chi connectivity index (χ1) is 17.4. The Labute approximate surface area is 211 Å². The number of rotatable bonds is 9. The highest BCUT2D eigenvalue weighted by molar-refractivity contribution is 5.92. The molecule has 0 radical (unpaired) electrons. The first-order valence-corrected chi connectivity index (χ1v) is 11.9. The molecular formula is C28H32N2O6. The number of hydrogen-bond acceptors (Lipinski definition) is 7. The minimum Gasteiger partial charge on any atom is -0.497 e. The summed E-state index contributed by atoms with van der Waals surface area (Å²) in [6.45, 7) is 4.76. The van der Waals surface area contributed by atoms with Crippen LogP contribution >= 0.6 is 0 Å². The highest BCUT2D eigenvalue weighted by Gasteiger charge is 2.31.